The minimum atomic E-state index is -3.63. The van der Waals surface area contributed by atoms with Gasteiger partial charge in [0, 0.05) is 27.5 Å². The van der Waals surface area contributed by atoms with Gasteiger partial charge >= 0.3 is 74.5 Å². The normalized spacial score (nSPS) is 5.14. The Bertz CT molecular complexity index is 118. The van der Waals surface area contributed by atoms with E-state index < -0.39 is 27.5 Å². The molecule has 0 rings (SSSR count). The van der Waals surface area contributed by atoms with Crippen molar-refractivity contribution in [2.24, 2.45) is 0 Å². The maximum absolute atomic E-state index is 8.52. The van der Waals surface area contributed by atoms with Crippen molar-refractivity contribution in [2.75, 3.05) is 0 Å². The smallest absolute Gasteiger partial charge is 0.672 e. The van der Waals surface area contributed by atoms with Gasteiger partial charge in [0.1, 0.15) is 0 Å². The van der Waals surface area contributed by atoms with E-state index >= 15 is 0 Å². The Hall–Kier alpha value is 1.33. The Morgan fingerprint density at radius 3 is 0.571 bits per heavy atom. The van der Waals surface area contributed by atoms with Crippen molar-refractivity contribution in [3.63, 3.8) is 0 Å². The maximum Gasteiger partial charge on any atom is 3.00 e. The average molecular weight is 457 g/mol. The van der Waals surface area contributed by atoms with Gasteiger partial charge in [-0.3, -0.25) is 0 Å². The Morgan fingerprint density at radius 1 is 0.571 bits per heavy atom. The van der Waals surface area contributed by atoms with Crippen LogP contribution in [0.25, 0.3) is 0 Å². The zero-order chi connectivity index (χ0) is 10.7. The van der Waals surface area contributed by atoms with Crippen LogP contribution in [-0.2, 0) is 46.1 Å². The summed E-state index contributed by atoms with van der Waals surface area (Å²) in [4.78, 5) is 51.1. The molecule has 1 radical (unpaired) electrons. The van der Waals surface area contributed by atoms with Crippen LogP contribution in [0.5, 0.6) is 0 Å². The largest absolute Gasteiger partial charge is 3.00 e. The van der Waals surface area contributed by atoms with Gasteiger partial charge in [0.05, 0.1) is 0 Å². The summed E-state index contributed by atoms with van der Waals surface area (Å²) in [6.07, 6.45) is 0. The fraction of sp³-hybridized carbons (Fsp3) is 0. The summed E-state index contributed by atoms with van der Waals surface area (Å²) in [7, 11) is -10.9. The first-order chi connectivity index (χ1) is 5.20. The van der Waals surface area contributed by atoms with E-state index in [2.05, 4.69) is 0 Å². The van der Waals surface area contributed by atoms with Gasteiger partial charge in [0.2, 0.25) is 0 Å². The third-order valence-corrected chi connectivity index (χ3v) is 0. The molecular weight excluding hydrogens is 457 g/mol. The fourth-order valence-electron chi connectivity index (χ4n) is 0. The van der Waals surface area contributed by atoms with Gasteiger partial charge in [-0.05, 0) is 0 Å². The van der Waals surface area contributed by atoms with Crippen LogP contribution >= 0.6 is 0 Å². The Balaban J connectivity index is -0.0000000270. The van der Waals surface area contributed by atoms with Crippen LogP contribution in [0, 0.1) is 41.7 Å². The van der Waals surface area contributed by atoms with Crippen molar-refractivity contribution in [3.05, 3.63) is 0 Å². The van der Waals surface area contributed by atoms with Crippen LogP contribution in [0.4, 0.5) is 0 Å². The summed E-state index contributed by atoms with van der Waals surface area (Å²) in [6, 6.07) is 0. The quantitative estimate of drug-likeness (QED) is 0.318. The molecule has 14 heteroatoms. The molecule has 0 amide bonds. The second-order valence-corrected chi connectivity index (χ2v) is 2.25. The molecule has 0 saturated carbocycles. The van der Waals surface area contributed by atoms with Gasteiger partial charge in [-0.15, -0.1) is 0 Å². The molecule has 0 aromatic carbocycles. The first kappa shape index (κ1) is 29.5. The van der Waals surface area contributed by atoms with Gasteiger partial charge in [-0.2, -0.15) is 0 Å². The molecule has 73 valence electrons. The predicted molar refractivity (Wildman–Crippen MR) is 19.3 cm³/mol. The average Bonchev–Trinajstić information content (AvgIpc) is 1.54. The summed E-state index contributed by atoms with van der Waals surface area (Å²) < 4.78 is 25.6. The van der Waals surface area contributed by atoms with Crippen LogP contribution in [0.1, 0.15) is 0 Å². The summed E-state index contributed by atoms with van der Waals surface area (Å²) in [5.41, 5.74) is 0. The van der Waals surface area contributed by atoms with Crippen molar-refractivity contribution in [1.29, 1.82) is 0 Å². The second-order valence-electron chi connectivity index (χ2n) is 0.750. The monoisotopic (exact) mass is 457 g/mol. The molecule has 0 bridgehead atoms. The van der Waals surface area contributed by atoms with Crippen molar-refractivity contribution >= 4 is 27.5 Å². The second kappa shape index (κ2) is 23.9. The molecular formula is CeO9Si3Y. The van der Waals surface area contributed by atoms with E-state index in [4.69, 9.17) is 42.2 Å². The van der Waals surface area contributed by atoms with Gasteiger partial charge in [-0.25, -0.2) is 0 Å². The molecule has 0 aromatic rings. The zero-order valence-electron chi connectivity index (χ0n) is 6.25. The summed E-state index contributed by atoms with van der Waals surface area (Å²) in [5, 5.41) is 0. The van der Waals surface area contributed by atoms with Crippen LogP contribution in [-0.4, -0.2) is 27.5 Å². The number of hydrogen-bond acceptors (Lipinski definition) is 9. The minimum absolute atomic E-state index is 0. The Labute approximate surface area is 142 Å². The molecule has 0 N–H and O–H groups in total. The van der Waals surface area contributed by atoms with Gasteiger partial charge in [0.15, 0.2) is 0 Å². The maximum atomic E-state index is 8.52. The number of hydrogen-bond donors (Lipinski definition) is 0. The Kier molecular flexibility index (Phi) is 50.3. The molecule has 0 heterocycles. The molecule has 0 aromatic heterocycles. The summed E-state index contributed by atoms with van der Waals surface area (Å²) >= 11 is 0. The van der Waals surface area contributed by atoms with E-state index in [-0.39, 0.29) is 74.5 Å². The van der Waals surface area contributed by atoms with Crippen molar-refractivity contribution in [2.45, 2.75) is 0 Å². The van der Waals surface area contributed by atoms with E-state index in [1.807, 2.05) is 0 Å². The first-order valence-electron chi connectivity index (χ1n) is 1.84. The molecule has 0 spiro atoms. The van der Waals surface area contributed by atoms with E-state index in [0.29, 0.717) is 0 Å². The van der Waals surface area contributed by atoms with Gasteiger partial charge in [-0.1, -0.05) is 0 Å². The molecule has 0 aliphatic carbocycles. The van der Waals surface area contributed by atoms with E-state index in [9.17, 15) is 0 Å². The van der Waals surface area contributed by atoms with Crippen molar-refractivity contribution < 1.29 is 117 Å². The number of rotatable bonds is 0. The zero-order valence-corrected chi connectivity index (χ0v) is 15.2. The molecule has 0 unspecified atom stereocenters. The van der Waals surface area contributed by atoms with Crippen molar-refractivity contribution in [3.8, 4) is 0 Å². The third kappa shape index (κ3) is 1140. The van der Waals surface area contributed by atoms with E-state index in [1.54, 1.807) is 0 Å². The predicted octanol–water partition coefficient (Wildman–Crippen LogP) is -8.64. The molecule has 0 aliphatic rings. The standard InChI is InChI=1S/Ce.3O3Si.Y/c;3*1-4(2)3;/q+3;3*-2;+3. The molecule has 0 saturated heterocycles. The topological polar surface area (TPSA) is 190 Å². The van der Waals surface area contributed by atoms with Crippen LogP contribution in [0.2, 0.25) is 0 Å². The van der Waals surface area contributed by atoms with Crippen LogP contribution < -0.4 is 28.8 Å². The molecule has 0 atom stereocenters. The SMILES string of the molecule is O=[Si]([O-])[O-].O=[Si]([O-])[O-].O=[Si]([O-])[O-].[Ce+3].[Y+3]. The van der Waals surface area contributed by atoms with Crippen molar-refractivity contribution in [1.82, 2.24) is 0 Å². The summed E-state index contributed by atoms with van der Waals surface area (Å²) in [6.45, 7) is 0. The van der Waals surface area contributed by atoms with Gasteiger partial charge in [0.25, 0.3) is 0 Å². The van der Waals surface area contributed by atoms with Crippen LogP contribution in [0.3, 0.4) is 0 Å². The Morgan fingerprint density at radius 2 is 0.571 bits per heavy atom. The summed E-state index contributed by atoms with van der Waals surface area (Å²) in [5.74, 6) is 0. The first-order valence-corrected chi connectivity index (χ1v) is 5.51. The van der Waals surface area contributed by atoms with E-state index in [1.165, 1.54) is 0 Å². The molecule has 9 nitrogen and oxygen atoms in total. The molecule has 0 aliphatic heterocycles. The third-order valence-electron chi connectivity index (χ3n) is 0. The van der Waals surface area contributed by atoms with Crippen LogP contribution in [0.15, 0.2) is 0 Å². The molecule has 14 heavy (non-hydrogen) atoms. The molecule has 0 fully saturated rings. The van der Waals surface area contributed by atoms with E-state index in [0.717, 1.165) is 0 Å². The van der Waals surface area contributed by atoms with Gasteiger partial charge < -0.3 is 42.2 Å². The minimum Gasteiger partial charge on any atom is -0.672 e. The fourth-order valence-corrected chi connectivity index (χ4v) is 0.